The maximum atomic E-state index is 6.16. The molecule has 3 heteroatoms. The van der Waals surface area contributed by atoms with E-state index in [9.17, 15) is 0 Å². The minimum atomic E-state index is 0.253. The Morgan fingerprint density at radius 2 is 0.774 bits per heavy atom. The molecule has 188 valence electrons. The van der Waals surface area contributed by atoms with Gasteiger partial charge in [0.25, 0.3) is 0 Å². The molecule has 3 nitrogen and oxygen atoms in total. The lowest BCUT2D eigenvalue weighted by Crippen LogP contribution is -2.26. The van der Waals surface area contributed by atoms with Crippen LogP contribution < -0.4 is 0 Å². The summed E-state index contributed by atoms with van der Waals surface area (Å²) >= 11 is 0. The number of unbranched alkanes of at least 4 members (excludes halogenated alkanes) is 12. The van der Waals surface area contributed by atoms with Gasteiger partial charge in [0.1, 0.15) is 0 Å². The second-order valence-corrected chi connectivity index (χ2v) is 9.34. The summed E-state index contributed by atoms with van der Waals surface area (Å²) in [5, 5.41) is 0. The zero-order chi connectivity index (χ0) is 22.8. The first kappa shape index (κ1) is 30.9. The number of hydrogen-bond donors (Lipinski definition) is 0. The van der Waals surface area contributed by atoms with Crippen molar-refractivity contribution in [3.63, 3.8) is 0 Å². The third-order valence-electron chi connectivity index (χ3n) is 6.07. The van der Waals surface area contributed by atoms with Crippen LogP contribution in [0.15, 0.2) is 0 Å². The van der Waals surface area contributed by atoms with Crippen LogP contribution in [0.1, 0.15) is 143 Å². The van der Waals surface area contributed by atoms with E-state index in [1.165, 1.54) is 89.9 Å². The lowest BCUT2D eigenvalue weighted by Gasteiger charge is -2.22. The normalized spacial score (nSPS) is 13.5. The maximum Gasteiger partial charge on any atom is 0.0808 e. The molecule has 0 bridgehead atoms. The van der Waals surface area contributed by atoms with Crippen LogP contribution >= 0.6 is 0 Å². The standard InChI is InChI=1S/C28H58O3/c1-5-9-13-15-17-19-21-27(30-23-11-7-3)25-29-26-28(31-24-12-8-4)22-20-18-16-14-10-6-2/h27-28H,5-26H2,1-4H3. The molecule has 0 aliphatic rings. The van der Waals surface area contributed by atoms with Crippen molar-refractivity contribution >= 4 is 0 Å². The Kier molecular flexibility index (Phi) is 26.0. The lowest BCUT2D eigenvalue weighted by atomic mass is 10.1. The van der Waals surface area contributed by atoms with Crippen molar-refractivity contribution in [2.75, 3.05) is 26.4 Å². The molecule has 0 aromatic rings. The van der Waals surface area contributed by atoms with Gasteiger partial charge in [-0.05, 0) is 25.7 Å². The molecule has 0 spiro atoms. The third kappa shape index (κ3) is 22.9. The molecule has 0 saturated carbocycles. The highest BCUT2D eigenvalue weighted by Gasteiger charge is 2.13. The fourth-order valence-corrected chi connectivity index (χ4v) is 3.85. The van der Waals surface area contributed by atoms with Crippen molar-refractivity contribution in [1.29, 1.82) is 0 Å². The molecule has 31 heavy (non-hydrogen) atoms. The van der Waals surface area contributed by atoms with Gasteiger partial charge in [0.2, 0.25) is 0 Å². The summed E-state index contributed by atoms with van der Waals surface area (Å²) in [6.07, 6.45) is 23.5. The number of hydrogen-bond acceptors (Lipinski definition) is 3. The highest BCUT2D eigenvalue weighted by molar-refractivity contribution is 4.62. The summed E-state index contributed by atoms with van der Waals surface area (Å²) in [7, 11) is 0. The predicted octanol–water partition coefficient (Wildman–Crippen LogP) is 8.87. The minimum absolute atomic E-state index is 0.253. The van der Waals surface area contributed by atoms with E-state index >= 15 is 0 Å². The Hall–Kier alpha value is -0.120. The second-order valence-electron chi connectivity index (χ2n) is 9.34. The quantitative estimate of drug-likeness (QED) is 0.125. The van der Waals surface area contributed by atoms with E-state index in [1.807, 2.05) is 0 Å². The Morgan fingerprint density at radius 1 is 0.419 bits per heavy atom. The van der Waals surface area contributed by atoms with Crippen LogP contribution in [0.25, 0.3) is 0 Å². The molecule has 0 aliphatic carbocycles. The van der Waals surface area contributed by atoms with Crippen molar-refractivity contribution in [2.24, 2.45) is 0 Å². The summed E-state index contributed by atoms with van der Waals surface area (Å²) in [6, 6.07) is 0. The average Bonchev–Trinajstić information content (AvgIpc) is 2.77. The summed E-state index contributed by atoms with van der Waals surface area (Å²) in [4.78, 5) is 0. The third-order valence-corrected chi connectivity index (χ3v) is 6.07. The van der Waals surface area contributed by atoms with E-state index < -0.39 is 0 Å². The molecule has 0 rings (SSSR count). The van der Waals surface area contributed by atoms with Gasteiger partial charge in [0.05, 0.1) is 25.4 Å². The van der Waals surface area contributed by atoms with Crippen LogP contribution in [0, 0.1) is 0 Å². The number of rotatable bonds is 26. The first-order chi connectivity index (χ1) is 15.3. The van der Waals surface area contributed by atoms with Gasteiger partial charge in [-0.1, -0.05) is 118 Å². The summed E-state index contributed by atoms with van der Waals surface area (Å²) in [5.74, 6) is 0. The zero-order valence-corrected chi connectivity index (χ0v) is 21.9. The topological polar surface area (TPSA) is 27.7 Å². The summed E-state index contributed by atoms with van der Waals surface area (Å²) < 4.78 is 18.5. The van der Waals surface area contributed by atoms with Crippen molar-refractivity contribution in [1.82, 2.24) is 0 Å². The Bertz CT molecular complexity index is 291. The Morgan fingerprint density at radius 3 is 1.16 bits per heavy atom. The van der Waals surface area contributed by atoms with E-state index in [-0.39, 0.29) is 12.2 Å². The molecule has 0 aromatic heterocycles. The molecule has 2 atom stereocenters. The van der Waals surface area contributed by atoms with E-state index in [2.05, 4.69) is 27.7 Å². The monoisotopic (exact) mass is 442 g/mol. The maximum absolute atomic E-state index is 6.16. The largest absolute Gasteiger partial charge is 0.376 e. The fraction of sp³-hybridized carbons (Fsp3) is 1.00. The van der Waals surface area contributed by atoms with Gasteiger partial charge < -0.3 is 14.2 Å². The van der Waals surface area contributed by atoms with Gasteiger partial charge >= 0.3 is 0 Å². The SMILES string of the molecule is CCCCCCCCC(COCC(CCCCCCCC)OCCCC)OCCCC. The minimum Gasteiger partial charge on any atom is -0.376 e. The zero-order valence-electron chi connectivity index (χ0n) is 21.9. The first-order valence-electron chi connectivity index (χ1n) is 14.1. The Balaban J connectivity index is 4.21. The van der Waals surface area contributed by atoms with E-state index in [1.54, 1.807) is 0 Å². The first-order valence-corrected chi connectivity index (χ1v) is 14.1. The van der Waals surface area contributed by atoms with Crippen molar-refractivity contribution in [3.05, 3.63) is 0 Å². The van der Waals surface area contributed by atoms with Gasteiger partial charge in [0, 0.05) is 13.2 Å². The van der Waals surface area contributed by atoms with Crippen molar-refractivity contribution in [2.45, 2.75) is 155 Å². The molecule has 0 aliphatic heterocycles. The van der Waals surface area contributed by atoms with Gasteiger partial charge in [-0.25, -0.2) is 0 Å². The molecule has 0 radical (unpaired) electrons. The van der Waals surface area contributed by atoms with Crippen LogP contribution in [0.2, 0.25) is 0 Å². The van der Waals surface area contributed by atoms with Crippen LogP contribution in [0.4, 0.5) is 0 Å². The molecular formula is C28H58O3. The van der Waals surface area contributed by atoms with E-state index in [0.717, 1.165) is 52.1 Å². The molecule has 0 N–H and O–H groups in total. The fourth-order valence-electron chi connectivity index (χ4n) is 3.85. The van der Waals surface area contributed by atoms with E-state index in [4.69, 9.17) is 14.2 Å². The lowest BCUT2D eigenvalue weighted by molar-refractivity contribution is -0.0627. The number of ether oxygens (including phenoxy) is 3. The highest BCUT2D eigenvalue weighted by Crippen LogP contribution is 2.14. The average molecular weight is 443 g/mol. The highest BCUT2D eigenvalue weighted by atomic mass is 16.6. The molecular weight excluding hydrogens is 384 g/mol. The molecule has 0 aromatic carbocycles. The van der Waals surface area contributed by atoms with Gasteiger partial charge in [0.15, 0.2) is 0 Å². The molecule has 2 unspecified atom stereocenters. The second kappa shape index (κ2) is 26.1. The summed E-state index contributed by atoms with van der Waals surface area (Å²) in [5.41, 5.74) is 0. The van der Waals surface area contributed by atoms with E-state index in [0.29, 0.717) is 0 Å². The van der Waals surface area contributed by atoms with Gasteiger partial charge in [-0.3, -0.25) is 0 Å². The molecule has 0 saturated heterocycles. The van der Waals surface area contributed by atoms with Crippen LogP contribution in [-0.2, 0) is 14.2 Å². The molecule has 0 heterocycles. The van der Waals surface area contributed by atoms with Gasteiger partial charge in [-0.15, -0.1) is 0 Å². The van der Waals surface area contributed by atoms with Crippen molar-refractivity contribution < 1.29 is 14.2 Å². The molecule has 0 amide bonds. The predicted molar refractivity (Wildman–Crippen MR) is 136 cm³/mol. The summed E-state index contributed by atoms with van der Waals surface area (Å²) in [6.45, 7) is 12.2. The van der Waals surface area contributed by atoms with Crippen LogP contribution in [0.5, 0.6) is 0 Å². The smallest absolute Gasteiger partial charge is 0.0808 e. The van der Waals surface area contributed by atoms with Crippen LogP contribution in [-0.4, -0.2) is 38.6 Å². The van der Waals surface area contributed by atoms with Crippen molar-refractivity contribution in [3.8, 4) is 0 Å². The Labute approximate surface area is 196 Å². The van der Waals surface area contributed by atoms with Gasteiger partial charge in [-0.2, -0.15) is 0 Å². The van der Waals surface area contributed by atoms with Crippen LogP contribution in [0.3, 0.4) is 0 Å². The molecule has 0 fully saturated rings.